The van der Waals surface area contributed by atoms with Gasteiger partial charge in [-0.15, -0.1) is 0 Å². The van der Waals surface area contributed by atoms with Gasteiger partial charge >= 0.3 is 6.03 Å². The maximum atomic E-state index is 11.9. The maximum Gasteiger partial charge on any atom is 0.319 e. The van der Waals surface area contributed by atoms with E-state index in [1.807, 2.05) is 6.92 Å². The molecule has 110 valence electrons. The molecule has 2 atom stereocenters. The van der Waals surface area contributed by atoms with Crippen molar-refractivity contribution in [2.45, 2.75) is 19.1 Å². The van der Waals surface area contributed by atoms with Crippen LogP contribution in [0.25, 0.3) is 0 Å². The van der Waals surface area contributed by atoms with Crippen LogP contribution in [0.1, 0.15) is 6.92 Å². The standard InChI is InChI=1S/C14H20N2O4/c1-3-20-13-9-19-8-12(13)16-14(17)15-10-4-6-11(18-2)7-5-10/h4-7,12-13H,3,8-9H2,1-2H3,(H2,15,16,17). The van der Waals surface area contributed by atoms with Crippen LogP contribution in [0.15, 0.2) is 24.3 Å². The molecular formula is C14H20N2O4. The van der Waals surface area contributed by atoms with E-state index >= 15 is 0 Å². The third kappa shape index (κ3) is 3.85. The van der Waals surface area contributed by atoms with E-state index in [0.717, 1.165) is 5.75 Å². The molecule has 1 aliphatic heterocycles. The van der Waals surface area contributed by atoms with Crippen molar-refractivity contribution in [2.75, 3.05) is 32.2 Å². The molecule has 1 aromatic rings. The van der Waals surface area contributed by atoms with Crippen LogP contribution in [-0.4, -0.2) is 45.1 Å². The van der Waals surface area contributed by atoms with E-state index in [0.29, 0.717) is 25.5 Å². The lowest BCUT2D eigenvalue weighted by atomic mass is 10.2. The first-order valence-corrected chi connectivity index (χ1v) is 6.64. The zero-order chi connectivity index (χ0) is 14.4. The molecular weight excluding hydrogens is 260 g/mol. The SMILES string of the molecule is CCOC1COCC1NC(=O)Nc1ccc(OC)cc1. The Morgan fingerprint density at radius 2 is 2.10 bits per heavy atom. The van der Waals surface area contributed by atoms with Gasteiger partial charge in [-0.2, -0.15) is 0 Å². The van der Waals surface area contributed by atoms with Crippen molar-refractivity contribution in [3.8, 4) is 5.75 Å². The molecule has 6 nitrogen and oxygen atoms in total. The molecule has 1 aromatic carbocycles. The average Bonchev–Trinajstić information content (AvgIpc) is 2.87. The quantitative estimate of drug-likeness (QED) is 0.860. The number of hydrogen-bond donors (Lipinski definition) is 2. The van der Waals surface area contributed by atoms with Crippen molar-refractivity contribution in [3.63, 3.8) is 0 Å². The fourth-order valence-electron chi connectivity index (χ4n) is 2.06. The summed E-state index contributed by atoms with van der Waals surface area (Å²) in [5.74, 6) is 0.747. The van der Waals surface area contributed by atoms with Crippen LogP contribution in [0.5, 0.6) is 5.75 Å². The van der Waals surface area contributed by atoms with Crippen molar-refractivity contribution < 1.29 is 19.0 Å². The van der Waals surface area contributed by atoms with Gasteiger partial charge in [0.2, 0.25) is 0 Å². The molecule has 2 unspecified atom stereocenters. The molecule has 2 rings (SSSR count). The molecule has 2 N–H and O–H groups in total. The van der Waals surface area contributed by atoms with E-state index in [4.69, 9.17) is 14.2 Å². The normalized spacial score (nSPS) is 21.5. The molecule has 0 aliphatic carbocycles. The Morgan fingerprint density at radius 3 is 2.75 bits per heavy atom. The van der Waals surface area contributed by atoms with Crippen LogP contribution in [0, 0.1) is 0 Å². The third-order valence-corrected chi connectivity index (χ3v) is 3.07. The highest BCUT2D eigenvalue weighted by Crippen LogP contribution is 2.15. The highest BCUT2D eigenvalue weighted by Gasteiger charge is 2.29. The Morgan fingerprint density at radius 1 is 1.35 bits per heavy atom. The van der Waals surface area contributed by atoms with Gasteiger partial charge in [-0.05, 0) is 31.2 Å². The van der Waals surface area contributed by atoms with Crippen molar-refractivity contribution >= 4 is 11.7 Å². The Kier molecular flexibility index (Phi) is 5.20. The van der Waals surface area contributed by atoms with Gasteiger partial charge in [0.25, 0.3) is 0 Å². The number of benzene rings is 1. The van der Waals surface area contributed by atoms with Gasteiger partial charge in [0.05, 0.1) is 26.4 Å². The van der Waals surface area contributed by atoms with E-state index in [9.17, 15) is 4.79 Å². The monoisotopic (exact) mass is 280 g/mol. The lowest BCUT2D eigenvalue weighted by Gasteiger charge is -2.19. The molecule has 1 fully saturated rings. The third-order valence-electron chi connectivity index (χ3n) is 3.07. The average molecular weight is 280 g/mol. The summed E-state index contributed by atoms with van der Waals surface area (Å²) in [5.41, 5.74) is 0.704. The molecule has 0 radical (unpaired) electrons. The predicted octanol–water partition coefficient (Wildman–Crippen LogP) is 1.62. The van der Waals surface area contributed by atoms with Gasteiger partial charge in [-0.3, -0.25) is 0 Å². The summed E-state index contributed by atoms with van der Waals surface area (Å²) in [5, 5.41) is 5.63. The summed E-state index contributed by atoms with van der Waals surface area (Å²) in [4.78, 5) is 11.9. The van der Waals surface area contributed by atoms with Crippen molar-refractivity contribution in [3.05, 3.63) is 24.3 Å². The zero-order valence-electron chi connectivity index (χ0n) is 11.7. The smallest absolute Gasteiger partial charge is 0.319 e. The van der Waals surface area contributed by atoms with Gasteiger partial charge in [0.15, 0.2) is 0 Å². The molecule has 0 aromatic heterocycles. The number of carbonyl (C=O) groups excluding carboxylic acids is 1. The van der Waals surface area contributed by atoms with Crippen LogP contribution in [-0.2, 0) is 9.47 Å². The Balaban J connectivity index is 1.85. The molecule has 1 heterocycles. The van der Waals surface area contributed by atoms with E-state index in [2.05, 4.69) is 10.6 Å². The number of urea groups is 1. The minimum atomic E-state index is -0.268. The van der Waals surface area contributed by atoms with E-state index < -0.39 is 0 Å². The number of carbonyl (C=O) groups is 1. The minimum absolute atomic E-state index is 0.0818. The molecule has 0 spiro atoms. The van der Waals surface area contributed by atoms with E-state index in [1.165, 1.54) is 0 Å². The lowest BCUT2D eigenvalue weighted by molar-refractivity contribution is 0.0428. The summed E-state index contributed by atoms with van der Waals surface area (Å²) in [6.07, 6.45) is -0.0818. The first kappa shape index (κ1) is 14.6. The zero-order valence-corrected chi connectivity index (χ0v) is 11.7. The van der Waals surface area contributed by atoms with Crippen LogP contribution >= 0.6 is 0 Å². The molecule has 1 saturated heterocycles. The molecule has 0 saturated carbocycles. The predicted molar refractivity (Wildman–Crippen MR) is 75.2 cm³/mol. The lowest BCUT2D eigenvalue weighted by Crippen LogP contribution is -2.45. The summed E-state index contributed by atoms with van der Waals surface area (Å²) < 4.78 is 15.9. The number of ether oxygens (including phenoxy) is 3. The second-order valence-corrected chi connectivity index (χ2v) is 4.46. The van der Waals surface area contributed by atoms with Crippen LogP contribution in [0.2, 0.25) is 0 Å². The number of methoxy groups -OCH3 is 1. The number of rotatable bonds is 5. The Bertz CT molecular complexity index is 435. The fourth-order valence-corrected chi connectivity index (χ4v) is 2.06. The number of amides is 2. The highest BCUT2D eigenvalue weighted by atomic mass is 16.5. The molecule has 20 heavy (non-hydrogen) atoms. The van der Waals surface area contributed by atoms with Gasteiger partial charge in [0, 0.05) is 12.3 Å². The summed E-state index contributed by atoms with van der Waals surface area (Å²) in [7, 11) is 1.60. The number of anilines is 1. The molecule has 0 bridgehead atoms. The first-order valence-electron chi connectivity index (χ1n) is 6.64. The van der Waals surface area contributed by atoms with Gasteiger partial charge < -0.3 is 24.8 Å². The van der Waals surface area contributed by atoms with Crippen LogP contribution < -0.4 is 15.4 Å². The first-order chi connectivity index (χ1) is 9.72. The molecule has 1 aliphatic rings. The van der Waals surface area contributed by atoms with Gasteiger partial charge in [-0.25, -0.2) is 4.79 Å². The van der Waals surface area contributed by atoms with E-state index in [-0.39, 0.29) is 18.2 Å². The summed E-state index contributed by atoms with van der Waals surface area (Å²) >= 11 is 0. The number of nitrogens with one attached hydrogen (secondary N) is 2. The van der Waals surface area contributed by atoms with Crippen molar-refractivity contribution in [2.24, 2.45) is 0 Å². The second-order valence-electron chi connectivity index (χ2n) is 4.46. The summed E-state index contributed by atoms with van der Waals surface area (Å²) in [6.45, 7) is 3.52. The Hall–Kier alpha value is -1.79. The number of hydrogen-bond acceptors (Lipinski definition) is 4. The van der Waals surface area contributed by atoms with Crippen LogP contribution in [0.4, 0.5) is 10.5 Å². The fraction of sp³-hybridized carbons (Fsp3) is 0.500. The maximum absolute atomic E-state index is 11.9. The minimum Gasteiger partial charge on any atom is -0.497 e. The topological polar surface area (TPSA) is 68.8 Å². The van der Waals surface area contributed by atoms with Crippen molar-refractivity contribution in [1.29, 1.82) is 0 Å². The summed E-state index contributed by atoms with van der Waals surface area (Å²) in [6, 6.07) is 6.76. The van der Waals surface area contributed by atoms with E-state index in [1.54, 1.807) is 31.4 Å². The van der Waals surface area contributed by atoms with Gasteiger partial charge in [0.1, 0.15) is 11.9 Å². The largest absolute Gasteiger partial charge is 0.497 e. The van der Waals surface area contributed by atoms with Crippen LogP contribution in [0.3, 0.4) is 0 Å². The van der Waals surface area contributed by atoms with Crippen molar-refractivity contribution in [1.82, 2.24) is 5.32 Å². The van der Waals surface area contributed by atoms with Gasteiger partial charge in [-0.1, -0.05) is 0 Å². The Labute approximate surface area is 118 Å². The molecule has 6 heteroatoms. The highest BCUT2D eigenvalue weighted by molar-refractivity contribution is 5.89. The molecule has 2 amide bonds. The second kappa shape index (κ2) is 7.12.